The van der Waals surface area contributed by atoms with E-state index in [0.717, 1.165) is 32.1 Å². The molecule has 0 aliphatic heterocycles. The number of alkyl halides is 1. The van der Waals surface area contributed by atoms with E-state index in [-0.39, 0.29) is 12.2 Å². The summed E-state index contributed by atoms with van der Waals surface area (Å²) in [6.07, 6.45) is 5.12. The normalized spacial score (nSPS) is 39.0. The van der Waals surface area contributed by atoms with Crippen molar-refractivity contribution in [2.75, 3.05) is 6.67 Å². The first-order valence-corrected chi connectivity index (χ1v) is 4.49. The molecule has 66 valence electrons. The summed E-state index contributed by atoms with van der Waals surface area (Å²) in [4.78, 5) is 0. The molecule has 0 amide bonds. The number of rotatable bonds is 2. The number of hydrogen-bond donors (Lipinski definition) is 1. The van der Waals surface area contributed by atoms with Gasteiger partial charge in [-0.2, -0.15) is 0 Å². The lowest BCUT2D eigenvalue weighted by atomic mass is 9.77. The zero-order chi connectivity index (χ0) is 8.32. The van der Waals surface area contributed by atoms with Crippen LogP contribution in [0.5, 0.6) is 0 Å². The fraction of sp³-hybridized carbons (Fsp3) is 1.00. The second-order valence-corrected chi connectivity index (χ2v) is 4.08. The third-order valence-electron chi connectivity index (χ3n) is 2.76. The molecule has 1 saturated carbocycles. The Morgan fingerprint density at radius 1 is 1.45 bits per heavy atom. The average molecular weight is 159 g/mol. The predicted octanol–water partition coefficient (Wildman–Crippen LogP) is 2.25. The van der Waals surface area contributed by atoms with Gasteiger partial charge in [-0.05, 0) is 44.9 Å². The summed E-state index contributed by atoms with van der Waals surface area (Å²) in [7, 11) is 0. The molecular formula is C9H18FN. The van der Waals surface area contributed by atoms with Gasteiger partial charge in [0.15, 0.2) is 0 Å². The summed E-state index contributed by atoms with van der Waals surface area (Å²) in [6.45, 7) is 1.94. The van der Waals surface area contributed by atoms with Gasteiger partial charge in [0, 0.05) is 5.54 Å². The SMILES string of the molecule is CC1(N)CCC(CCF)CC1. The van der Waals surface area contributed by atoms with Crippen LogP contribution < -0.4 is 5.73 Å². The molecular weight excluding hydrogens is 141 g/mol. The van der Waals surface area contributed by atoms with Gasteiger partial charge in [0.2, 0.25) is 0 Å². The molecule has 0 aromatic carbocycles. The molecule has 2 N–H and O–H groups in total. The molecule has 0 spiro atoms. The van der Waals surface area contributed by atoms with Gasteiger partial charge in [0.05, 0.1) is 6.67 Å². The Morgan fingerprint density at radius 3 is 2.45 bits per heavy atom. The van der Waals surface area contributed by atoms with E-state index in [1.807, 2.05) is 0 Å². The van der Waals surface area contributed by atoms with Crippen molar-refractivity contribution in [3.63, 3.8) is 0 Å². The number of halogens is 1. The first-order valence-electron chi connectivity index (χ1n) is 4.49. The van der Waals surface area contributed by atoms with Crippen molar-refractivity contribution >= 4 is 0 Å². The van der Waals surface area contributed by atoms with E-state index >= 15 is 0 Å². The van der Waals surface area contributed by atoms with Gasteiger partial charge in [0.25, 0.3) is 0 Å². The van der Waals surface area contributed by atoms with Crippen molar-refractivity contribution in [3.8, 4) is 0 Å². The molecule has 1 nitrogen and oxygen atoms in total. The minimum Gasteiger partial charge on any atom is -0.325 e. The Morgan fingerprint density at radius 2 is 2.00 bits per heavy atom. The number of nitrogens with two attached hydrogens (primary N) is 1. The second kappa shape index (κ2) is 3.53. The summed E-state index contributed by atoms with van der Waals surface area (Å²) in [5, 5.41) is 0. The smallest absolute Gasteiger partial charge is 0.0897 e. The monoisotopic (exact) mass is 159 g/mol. The van der Waals surface area contributed by atoms with Gasteiger partial charge < -0.3 is 5.73 Å². The standard InChI is InChI=1S/C9H18FN/c1-9(11)5-2-8(3-6-9)4-7-10/h8H,2-7,11H2,1H3. The molecule has 0 aromatic rings. The van der Waals surface area contributed by atoms with Crippen LogP contribution in [0.3, 0.4) is 0 Å². The van der Waals surface area contributed by atoms with Crippen LogP contribution in [0.1, 0.15) is 39.0 Å². The summed E-state index contributed by atoms with van der Waals surface area (Å²) in [5.74, 6) is 0.608. The minimum absolute atomic E-state index is 0.0345. The van der Waals surface area contributed by atoms with Crippen LogP contribution in [-0.4, -0.2) is 12.2 Å². The van der Waals surface area contributed by atoms with Crippen LogP contribution in [0, 0.1) is 5.92 Å². The molecule has 0 saturated heterocycles. The predicted molar refractivity (Wildman–Crippen MR) is 45.1 cm³/mol. The zero-order valence-electron chi connectivity index (χ0n) is 7.28. The van der Waals surface area contributed by atoms with Gasteiger partial charge in [-0.3, -0.25) is 4.39 Å². The largest absolute Gasteiger partial charge is 0.325 e. The fourth-order valence-electron chi connectivity index (χ4n) is 1.78. The van der Waals surface area contributed by atoms with E-state index in [4.69, 9.17) is 5.73 Å². The van der Waals surface area contributed by atoms with Crippen LogP contribution in [-0.2, 0) is 0 Å². The maximum absolute atomic E-state index is 11.9. The van der Waals surface area contributed by atoms with Crippen molar-refractivity contribution in [1.82, 2.24) is 0 Å². The van der Waals surface area contributed by atoms with E-state index < -0.39 is 0 Å². The number of hydrogen-bond acceptors (Lipinski definition) is 1. The molecule has 2 heteroatoms. The lowest BCUT2D eigenvalue weighted by molar-refractivity contribution is 0.229. The average Bonchev–Trinajstić information content (AvgIpc) is 1.94. The Balaban J connectivity index is 2.25. The molecule has 1 rings (SSSR count). The first kappa shape index (κ1) is 8.98. The molecule has 11 heavy (non-hydrogen) atoms. The maximum atomic E-state index is 11.9. The highest BCUT2D eigenvalue weighted by Gasteiger charge is 2.26. The Hall–Kier alpha value is -0.110. The molecule has 1 fully saturated rings. The third kappa shape index (κ3) is 2.78. The highest BCUT2D eigenvalue weighted by molar-refractivity contribution is 4.85. The van der Waals surface area contributed by atoms with Crippen LogP contribution in [0.4, 0.5) is 4.39 Å². The topological polar surface area (TPSA) is 26.0 Å². The van der Waals surface area contributed by atoms with Crippen molar-refractivity contribution in [2.24, 2.45) is 11.7 Å². The lowest BCUT2D eigenvalue weighted by Gasteiger charge is -2.33. The van der Waals surface area contributed by atoms with Crippen LogP contribution in [0.15, 0.2) is 0 Å². The summed E-state index contributed by atoms with van der Waals surface area (Å²) in [6, 6.07) is 0. The van der Waals surface area contributed by atoms with Gasteiger partial charge in [-0.15, -0.1) is 0 Å². The molecule has 0 atom stereocenters. The van der Waals surface area contributed by atoms with Gasteiger partial charge in [-0.25, -0.2) is 0 Å². The zero-order valence-corrected chi connectivity index (χ0v) is 7.28. The van der Waals surface area contributed by atoms with E-state index in [0.29, 0.717) is 5.92 Å². The second-order valence-electron chi connectivity index (χ2n) is 4.08. The quantitative estimate of drug-likeness (QED) is 0.657. The molecule has 0 aromatic heterocycles. The van der Waals surface area contributed by atoms with Crippen molar-refractivity contribution < 1.29 is 4.39 Å². The van der Waals surface area contributed by atoms with Gasteiger partial charge >= 0.3 is 0 Å². The maximum Gasteiger partial charge on any atom is 0.0897 e. The Kier molecular flexibility index (Phi) is 2.88. The lowest BCUT2D eigenvalue weighted by Crippen LogP contribution is -2.39. The Bertz CT molecular complexity index is 113. The Labute approximate surface area is 68.2 Å². The molecule has 1 aliphatic rings. The molecule has 1 aliphatic carbocycles. The first-order chi connectivity index (χ1) is 5.14. The molecule has 0 radical (unpaired) electrons. The summed E-state index contributed by atoms with van der Waals surface area (Å²) >= 11 is 0. The van der Waals surface area contributed by atoms with Gasteiger partial charge in [0.1, 0.15) is 0 Å². The highest BCUT2D eigenvalue weighted by Crippen LogP contribution is 2.31. The van der Waals surface area contributed by atoms with E-state index in [2.05, 4.69) is 6.92 Å². The van der Waals surface area contributed by atoms with E-state index in [1.165, 1.54) is 0 Å². The van der Waals surface area contributed by atoms with Crippen LogP contribution >= 0.6 is 0 Å². The molecule has 0 unspecified atom stereocenters. The fourth-order valence-corrected chi connectivity index (χ4v) is 1.78. The third-order valence-corrected chi connectivity index (χ3v) is 2.76. The molecule has 0 bridgehead atoms. The van der Waals surface area contributed by atoms with E-state index in [9.17, 15) is 4.39 Å². The van der Waals surface area contributed by atoms with E-state index in [1.54, 1.807) is 0 Å². The molecule has 0 heterocycles. The summed E-state index contributed by atoms with van der Waals surface area (Å²) in [5.41, 5.74) is 5.98. The van der Waals surface area contributed by atoms with Crippen molar-refractivity contribution in [2.45, 2.75) is 44.6 Å². The van der Waals surface area contributed by atoms with Gasteiger partial charge in [-0.1, -0.05) is 0 Å². The van der Waals surface area contributed by atoms with Crippen LogP contribution in [0.25, 0.3) is 0 Å². The van der Waals surface area contributed by atoms with Crippen molar-refractivity contribution in [3.05, 3.63) is 0 Å². The van der Waals surface area contributed by atoms with Crippen LogP contribution in [0.2, 0.25) is 0 Å². The highest BCUT2D eigenvalue weighted by atomic mass is 19.1. The summed E-state index contributed by atoms with van der Waals surface area (Å²) < 4.78 is 11.9. The van der Waals surface area contributed by atoms with Crippen molar-refractivity contribution in [1.29, 1.82) is 0 Å². The minimum atomic E-state index is -0.161.